The van der Waals surface area contributed by atoms with Gasteiger partial charge >= 0.3 is 6.18 Å². The number of morpholine rings is 1. The van der Waals surface area contributed by atoms with E-state index in [9.17, 15) is 13.2 Å². The highest BCUT2D eigenvalue weighted by molar-refractivity contribution is 7.15. The zero-order chi connectivity index (χ0) is 14.8. The topological polar surface area (TPSA) is 37.4 Å². The van der Waals surface area contributed by atoms with Crippen LogP contribution in [0.25, 0.3) is 0 Å². The molecule has 0 unspecified atom stereocenters. The first-order chi connectivity index (χ1) is 9.29. The number of thiazole rings is 1. The quantitative estimate of drug-likeness (QED) is 0.928. The first-order valence-electron chi connectivity index (χ1n) is 6.39. The van der Waals surface area contributed by atoms with Crippen molar-refractivity contribution in [3.8, 4) is 0 Å². The summed E-state index contributed by atoms with van der Waals surface area (Å²) in [6.07, 6.45) is -3.45. The van der Waals surface area contributed by atoms with E-state index in [2.05, 4.69) is 29.0 Å². The lowest BCUT2D eigenvalue weighted by Gasteiger charge is -2.40. The second-order valence-corrected chi connectivity index (χ2v) is 6.32. The highest BCUT2D eigenvalue weighted by Crippen LogP contribution is 2.35. The Morgan fingerprint density at radius 1 is 1.35 bits per heavy atom. The van der Waals surface area contributed by atoms with Crippen molar-refractivity contribution in [3.05, 3.63) is 11.1 Å². The summed E-state index contributed by atoms with van der Waals surface area (Å²) in [6, 6.07) is 0. The number of nitrogens with zero attached hydrogens (tertiary/aromatic N) is 2. The molecule has 2 heterocycles. The summed E-state index contributed by atoms with van der Waals surface area (Å²) in [7, 11) is 0. The van der Waals surface area contributed by atoms with E-state index >= 15 is 0 Å². The monoisotopic (exact) mass is 309 g/mol. The Balaban J connectivity index is 1.92. The minimum absolute atomic E-state index is 0.159. The molecule has 4 nitrogen and oxygen atoms in total. The molecule has 1 saturated heterocycles. The average Bonchev–Trinajstić information content (AvgIpc) is 2.86. The molecule has 0 amide bonds. The van der Waals surface area contributed by atoms with Crippen molar-refractivity contribution in [2.24, 2.45) is 0 Å². The van der Waals surface area contributed by atoms with Crippen LogP contribution in [0.1, 0.15) is 18.7 Å². The summed E-state index contributed by atoms with van der Waals surface area (Å²) in [6.45, 7) is 7.71. The van der Waals surface area contributed by atoms with Gasteiger partial charge < -0.3 is 10.1 Å². The molecular formula is C12H18F3N3OS. The molecule has 20 heavy (non-hydrogen) atoms. The van der Waals surface area contributed by atoms with Gasteiger partial charge in [0.05, 0.1) is 19.4 Å². The van der Waals surface area contributed by atoms with Gasteiger partial charge in [-0.15, -0.1) is 0 Å². The normalized spacial score (nSPS) is 18.2. The molecule has 0 aromatic carbocycles. The molecule has 0 saturated carbocycles. The largest absolute Gasteiger partial charge is 0.427 e. The number of halogens is 3. The fourth-order valence-electron chi connectivity index (χ4n) is 2.06. The number of ether oxygens (including phenoxy) is 1. The predicted octanol–water partition coefficient (Wildman–Crippen LogP) is 2.68. The number of alkyl halides is 3. The summed E-state index contributed by atoms with van der Waals surface area (Å²) in [5, 5.41) is 3.30. The van der Waals surface area contributed by atoms with Gasteiger partial charge in [0.2, 0.25) is 0 Å². The predicted molar refractivity (Wildman–Crippen MR) is 72.1 cm³/mol. The minimum Gasteiger partial charge on any atom is -0.379 e. The summed E-state index contributed by atoms with van der Waals surface area (Å²) in [4.78, 5) is 5.36. The van der Waals surface area contributed by atoms with Crippen molar-refractivity contribution >= 4 is 16.5 Å². The third-order valence-electron chi connectivity index (χ3n) is 3.32. The maximum absolute atomic E-state index is 12.5. The van der Waals surface area contributed by atoms with Gasteiger partial charge in [-0.05, 0) is 13.8 Å². The Morgan fingerprint density at radius 2 is 2.00 bits per heavy atom. The number of aromatic nitrogens is 1. The molecule has 0 radical (unpaired) electrons. The lowest BCUT2D eigenvalue weighted by Crippen LogP contribution is -2.53. The van der Waals surface area contributed by atoms with E-state index in [1.807, 2.05) is 0 Å². The highest BCUT2D eigenvalue weighted by Gasteiger charge is 2.34. The van der Waals surface area contributed by atoms with Gasteiger partial charge in [0, 0.05) is 25.2 Å². The lowest BCUT2D eigenvalue weighted by molar-refractivity contribution is -0.134. The van der Waals surface area contributed by atoms with Crippen LogP contribution in [-0.2, 0) is 10.9 Å². The molecule has 2 rings (SSSR count). The summed E-state index contributed by atoms with van der Waals surface area (Å²) < 4.78 is 42.8. The summed E-state index contributed by atoms with van der Waals surface area (Å²) >= 11 is 0.637. The van der Waals surface area contributed by atoms with E-state index in [1.54, 1.807) is 0 Å². The SMILES string of the molecule is CC(C)(CNc1ncc(C(F)(F)F)s1)N1CCOCC1. The summed E-state index contributed by atoms with van der Waals surface area (Å²) in [5.41, 5.74) is -0.159. The molecular weight excluding hydrogens is 291 g/mol. The standard InChI is InChI=1S/C12H18F3N3OS/c1-11(2,18-3-5-19-6-4-18)8-17-10-16-7-9(20-10)12(13,14)15/h7H,3-6,8H2,1-2H3,(H,16,17). The number of nitrogens with one attached hydrogen (secondary N) is 1. The Labute approximate surface area is 119 Å². The van der Waals surface area contributed by atoms with Gasteiger partial charge in [0.25, 0.3) is 0 Å². The molecule has 1 aliphatic heterocycles. The van der Waals surface area contributed by atoms with Crippen molar-refractivity contribution in [2.75, 3.05) is 38.2 Å². The highest BCUT2D eigenvalue weighted by atomic mass is 32.1. The van der Waals surface area contributed by atoms with Gasteiger partial charge in [0.15, 0.2) is 5.13 Å². The van der Waals surface area contributed by atoms with Crippen LogP contribution < -0.4 is 5.32 Å². The minimum atomic E-state index is -4.32. The Hall–Kier alpha value is -0.860. The fraction of sp³-hybridized carbons (Fsp3) is 0.750. The number of anilines is 1. The van der Waals surface area contributed by atoms with Crippen LogP contribution in [0, 0.1) is 0 Å². The maximum Gasteiger partial charge on any atom is 0.427 e. The van der Waals surface area contributed by atoms with Crippen LogP contribution in [0.3, 0.4) is 0 Å². The molecule has 1 fully saturated rings. The molecule has 1 N–H and O–H groups in total. The van der Waals surface area contributed by atoms with Gasteiger partial charge in [-0.1, -0.05) is 11.3 Å². The molecule has 1 aliphatic rings. The van der Waals surface area contributed by atoms with Crippen molar-refractivity contribution in [2.45, 2.75) is 25.6 Å². The molecule has 1 aromatic heterocycles. The van der Waals surface area contributed by atoms with E-state index in [0.717, 1.165) is 19.3 Å². The van der Waals surface area contributed by atoms with Crippen LogP contribution in [0.2, 0.25) is 0 Å². The molecule has 114 valence electrons. The maximum atomic E-state index is 12.5. The van der Waals surface area contributed by atoms with Crippen molar-refractivity contribution in [1.82, 2.24) is 9.88 Å². The van der Waals surface area contributed by atoms with Crippen LogP contribution in [-0.4, -0.2) is 48.3 Å². The molecule has 0 atom stereocenters. The number of hydrogen-bond acceptors (Lipinski definition) is 5. The van der Waals surface area contributed by atoms with Gasteiger partial charge in [-0.25, -0.2) is 4.98 Å². The first kappa shape index (κ1) is 15.5. The number of hydrogen-bond donors (Lipinski definition) is 1. The van der Waals surface area contributed by atoms with Gasteiger partial charge in [-0.3, -0.25) is 4.90 Å². The molecule has 1 aromatic rings. The van der Waals surface area contributed by atoms with Crippen LogP contribution >= 0.6 is 11.3 Å². The second-order valence-electron chi connectivity index (χ2n) is 5.29. The van der Waals surface area contributed by atoms with Crippen molar-refractivity contribution in [3.63, 3.8) is 0 Å². The molecule has 0 spiro atoms. The Kier molecular flexibility index (Phi) is 4.55. The Morgan fingerprint density at radius 3 is 2.55 bits per heavy atom. The molecule has 8 heteroatoms. The third-order valence-corrected chi connectivity index (χ3v) is 4.32. The van der Waals surface area contributed by atoms with Crippen molar-refractivity contribution < 1.29 is 17.9 Å². The third kappa shape index (κ3) is 3.83. The van der Waals surface area contributed by atoms with E-state index in [0.29, 0.717) is 36.2 Å². The van der Waals surface area contributed by atoms with E-state index in [1.165, 1.54) is 0 Å². The van der Waals surface area contributed by atoms with Gasteiger partial charge in [-0.2, -0.15) is 13.2 Å². The van der Waals surface area contributed by atoms with Crippen molar-refractivity contribution in [1.29, 1.82) is 0 Å². The lowest BCUT2D eigenvalue weighted by atomic mass is 10.0. The summed E-state index contributed by atoms with van der Waals surface area (Å²) in [5.74, 6) is 0. The average molecular weight is 309 g/mol. The Bertz CT molecular complexity index is 441. The smallest absolute Gasteiger partial charge is 0.379 e. The van der Waals surface area contributed by atoms with Gasteiger partial charge in [0.1, 0.15) is 4.88 Å². The van der Waals surface area contributed by atoms with Crippen LogP contribution in [0.15, 0.2) is 6.20 Å². The fourth-order valence-corrected chi connectivity index (χ4v) is 2.74. The first-order valence-corrected chi connectivity index (χ1v) is 7.20. The zero-order valence-electron chi connectivity index (χ0n) is 11.5. The number of rotatable bonds is 4. The van der Waals surface area contributed by atoms with E-state index < -0.39 is 11.1 Å². The van der Waals surface area contributed by atoms with E-state index in [-0.39, 0.29) is 5.54 Å². The molecule has 0 aliphatic carbocycles. The molecule has 0 bridgehead atoms. The van der Waals surface area contributed by atoms with E-state index in [4.69, 9.17) is 4.74 Å². The second kappa shape index (κ2) is 5.87. The zero-order valence-corrected chi connectivity index (χ0v) is 12.3. The van der Waals surface area contributed by atoms with Crippen LogP contribution in [0.5, 0.6) is 0 Å². The van der Waals surface area contributed by atoms with Crippen LogP contribution in [0.4, 0.5) is 18.3 Å².